The minimum absolute atomic E-state index is 0.254. The fraction of sp³-hybridized carbons (Fsp3) is 0.217. The molecule has 0 radical (unpaired) electrons. The lowest BCUT2D eigenvalue weighted by molar-refractivity contribution is 0.102. The van der Waals surface area contributed by atoms with E-state index in [4.69, 9.17) is 9.84 Å². The molecule has 1 fully saturated rings. The Kier molecular flexibility index (Phi) is 5.21. The van der Waals surface area contributed by atoms with E-state index in [2.05, 4.69) is 15.5 Å². The number of nitrogens with one attached hydrogen (secondary N) is 1. The van der Waals surface area contributed by atoms with Gasteiger partial charge in [-0.1, -0.05) is 53.8 Å². The number of benzene rings is 2. The molecule has 1 aliphatic rings. The second kappa shape index (κ2) is 8.31. The first kappa shape index (κ1) is 19.4. The number of nitrogens with zero attached hydrogens (tertiary/aromatic N) is 4. The van der Waals surface area contributed by atoms with E-state index in [1.54, 1.807) is 18.0 Å². The standard InChI is InChI=1S/C23H21N5O2S/c1-30-18-9-5-8-17(12-18)20-19(14-28(27-20)13-15-6-3-2-4-7-15)21(29)24-23-26-25-22(31-23)16-10-11-16/h2-9,12,14,16H,10-11,13H2,1H3,(H,24,26,29). The highest BCUT2D eigenvalue weighted by molar-refractivity contribution is 7.15. The van der Waals surface area contributed by atoms with E-state index < -0.39 is 0 Å². The van der Waals surface area contributed by atoms with Gasteiger partial charge in [-0.05, 0) is 30.5 Å². The first-order chi connectivity index (χ1) is 15.2. The zero-order valence-corrected chi connectivity index (χ0v) is 17.8. The number of hydrogen-bond acceptors (Lipinski definition) is 6. The molecule has 0 spiro atoms. The number of amides is 1. The Balaban J connectivity index is 1.47. The minimum Gasteiger partial charge on any atom is -0.497 e. The number of methoxy groups -OCH3 is 1. The molecule has 31 heavy (non-hydrogen) atoms. The number of carbonyl (C=O) groups excluding carboxylic acids is 1. The molecule has 0 bridgehead atoms. The molecule has 2 heterocycles. The predicted molar refractivity (Wildman–Crippen MR) is 120 cm³/mol. The molecule has 1 saturated carbocycles. The largest absolute Gasteiger partial charge is 0.497 e. The van der Waals surface area contributed by atoms with Gasteiger partial charge < -0.3 is 4.74 Å². The van der Waals surface area contributed by atoms with E-state index in [0.717, 1.165) is 29.0 Å². The van der Waals surface area contributed by atoms with E-state index >= 15 is 0 Å². The number of ether oxygens (including phenoxy) is 1. The van der Waals surface area contributed by atoms with Crippen molar-refractivity contribution in [3.8, 4) is 17.0 Å². The van der Waals surface area contributed by atoms with E-state index in [1.165, 1.54) is 11.3 Å². The van der Waals surface area contributed by atoms with Gasteiger partial charge in [0.15, 0.2) is 0 Å². The van der Waals surface area contributed by atoms with Gasteiger partial charge >= 0.3 is 0 Å². The van der Waals surface area contributed by atoms with Crippen molar-refractivity contribution in [2.24, 2.45) is 0 Å². The average Bonchev–Trinajstić information content (AvgIpc) is 3.40. The molecule has 5 rings (SSSR count). The van der Waals surface area contributed by atoms with E-state index in [1.807, 2.05) is 54.6 Å². The van der Waals surface area contributed by atoms with E-state index in [9.17, 15) is 4.79 Å². The Morgan fingerprint density at radius 1 is 1.16 bits per heavy atom. The van der Waals surface area contributed by atoms with Crippen molar-refractivity contribution in [1.29, 1.82) is 0 Å². The van der Waals surface area contributed by atoms with Crippen LogP contribution in [0.5, 0.6) is 5.75 Å². The SMILES string of the molecule is COc1cccc(-c2nn(Cc3ccccc3)cc2C(=O)Nc2nnc(C3CC3)s2)c1. The Hall–Kier alpha value is -3.52. The van der Waals surface area contributed by atoms with Crippen LogP contribution in [0.15, 0.2) is 60.8 Å². The maximum atomic E-state index is 13.2. The van der Waals surface area contributed by atoms with Crippen molar-refractivity contribution >= 4 is 22.4 Å². The summed E-state index contributed by atoms with van der Waals surface area (Å²) in [5.74, 6) is 0.958. The van der Waals surface area contributed by atoms with Crippen molar-refractivity contribution < 1.29 is 9.53 Å². The summed E-state index contributed by atoms with van der Waals surface area (Å²) in [6, 6.07) is 17.6. The zero-order valence-electron chi connectivity index (χ0n) is 17.0. The second-order valence-electron chi connectivity index (χ2n) is 7.48. The number of carbonyl (C=O) groups is 1. The molecule has 1 amide bonds. The number of aromatic nitrogens is 4. The Labute approximate surface area is 183 Å². The van der Waals surface area contributed by atoms with Gasteiger partial charge in [0.1, 0.15) is 16.5 Å². The van der Waals surface area contributed by atoms with Crippen LogP contribution in [0.4, 0.5) is 5.13 Å². The van der Waals surface area contributed by atoms with Crippen LogP contribution in [0, 0.1) is 0 Å². The maximum absolute atomic E-state index is 13.2. The van der Waals surface area contributed by atoms with Crippen molar-refractivity contribution in [3.63, 3.8) is 0 Å². The van der Waals surface area contributed by atoms with Gasteiger partial charge in [-0.15, -0.1) is 10.2 Å². The summed E-state index contributed by atoms with van der Waals surface area (Å²) in [5, 5.41) is 17.5. The molecule has 8 heteroatoms. The molecule has 156 valence electrons. The molecule has 0 saturated heterocycles. The normalized spacial score (nSPS) is 13.2. The first-order valence-electron chi connectivity index (χ1n) is 10.1. The Morgan fingerprint density at radius 2 is 2.00 bits per heavy atom. The van der Waals surface area contributed by atoms with Gasteiger partial charge in [-0.2, -0.15) is 5.10 Å². The fourth-order valence-corrected chi connectivity index (χ4v) is 4.27. The van der Waals surface area contributed by atoms with Crippen molar-refractivity contribution in [3.05, 3.63) is 76.9 Å². The second-order valence-corrected chi connectivity index (χ2v) is 8.49. The van der Waals surface area contributed by atoms with E-state index in [0.29, 0.717) is 34.6 Å². The zero-order chi connectivity index (χ0) is 21.2. The highest BCUT2D eigenvalue weighted by atomic mass is 32.1. The lowest BCUT2D eigenvalue weighted by atomic mass is 10.1. The van der Waals surface area contributed by atoms with Crippen LogP contribution in [0.2, 0.25) is 0 Å². The van der Waals surface area contributed by atoms with E-state index in [-0.39, 0.29) is 5.91 Å². The molecule has 1 aliphatic carbocycles. The van der Waals surface area contributed by atoms with Crippen LogP contribution in [-0.2, 0) is 6.54 Å². The van der Waals surface area contributed by atoms with Crippen molar-refractivity contribution in [2.45, 2.75) is 25.3 Å². The molecule has 2 aromatic heterocycles. The third kappa shape index (κ3) is 4.34. The van der Waals surface area contributed by atoms with Gasteiger partial charge in [-0.25, -0.2) is 0 Å². The smallest absolute Gasteiger partial charge is 0.261 e. The summed E-state index contributed by atoms with van der Waals surface area (Å²) in [6.45, 7) is 0.565. The molecule has 0 atom stereocenters. The summed E-state index contributed by atoms with van der Waals surface area (Å²) < 4.78 is 7.14. The number of anilines is 1. The van der Waals surface area contributed by atoms with Gasteiger partial charge in [-0.3, -0.25) is 14.8 Å². The van der Waals surface area contributed by atoms with Crippen LogP contribution in [0.1, 0.15) is 39.7 Å². The Morgan fingerprint density at radius 3 is 2.77 bits per heavy atom. The summed E-state index contributed by atoms with van der Waals surface area (Å²) in [7, 11) is 1.62. The fourth-order valence-electron chi connectivity index (χ4n) is 3.37. The highest BCUT2D eigenvalue weighted by Gasteiger charge is 2.28. The lowest BCUT2D eigenvalue weighted by Crippen LogP contribution is -2.12. The Bertz CT molecular complexity index is 1210. The molecule has 0 aliphatic heterocycles. The average molecular weight is 432 g/mol. The monoisotopic (exact) mass is 431 g/mol. The summed E-state index contributed by atoms with van der Waals surface area (Å²) in [4.78, 5) is 13.2. The molecule has 4 aromatic rings. The van der Waals surface area contributed by atoms with Crippen LogP contribution in [-0.4, -0.2) is 33.0 Å². The summed E-state index contributed by atoms with van der Waals surface area (Å²) >= 11 is 1.44. The number of rotatable bonds is 7. The van der Waals surface area contributed by atoms with Crippen LogP contribution in [0.3, 0.4) is 0 Å². The third-order valence-electron chi connectivity index (χ3n) is 5.12. The van der Waals surface area contributed by atoms with Gasteiger partial charge in [0.2, 0.25) is 5.13 Å². The van der Waals surface area contributed by atoms with Crippen molar-refractivity contribution in [2.75, 3.05) is 12.4 Å². The van der Waals surface area contributed by atoms with Gasteiger partial charge in [0.05, 0.1) is 19.2 Å². The number of hydrogen-bond donors (Lipinski definition) is 1. The highest BCUT2D eigenvalue weighted by Crippen LogP contribution is 2.42. The van der Waals surface area contributed by atoms with Crippen LogP contribution >= 0.6 is 11.3 Å². The topological polar surface area (TPSA) is 81.9 Å². The molecule has 7 nitrogen and oxygen atoms in total. The van der Waals surface area contributed by atoms with Crippen molar-refractivity contribution in [1.82, 2.24) is 20.0 Å². The van der Waals surface area contributed by atoms with Crippen LogP contribution in [0.25, 0.3) is 11.3 Å². The van der Waals surface area contributed by atoms with Gasteiger partial charge in [0.25, 0.3) is 5.91 Å². The third-order valence-corrected chi connectivity index (χ3v) is 6.13. The predicted octanol–water partition coefficient (Wildman–Crippen LogP) is 4.59. The quantitative estimate of drug-likeness (QED) is 0.463. The molecular formula is C23H21N5O2S. The summed E-state index contributed by atoms with van der Waals surface area (Å²) in [5.41, 5.74) is 2.99. The molecule has 2 aromatic carbocycles. The molecular weight excluding hydrogens is 410 g/mol. The minimum atomic E-state index is -0.254. The lowest BCUT2D eigenvalue weighted by Gasteiger charge is -2.05. The van der Waals surface area contributed by atoms with Gasteiger partial charge in [0, 0.05) is 17.7 Å². The van der Waals surface area contributed by atoms with Crippen LogP contribution < -0.4 is 10.1 Å². The molecule has 1 N–H and O–H groups in total. The first-order valence-corrected chi connectivity index (χ1v) is 10.9. The maximum Gasteiger partial charge on any atom is 0.261 e. The molecule has 0 unspecified atom stereocenters. The summed E-state index contributed by atoms with van der Waals surface area (Å²) in [6.07, 6.45) is 4.07.